The second-order valence-electron chi connectivity index (χ2n) is 8.71. The molecule has 176 valence electrons. The number of nitrogens with zero attached hydrogens (tertiary/aromatic N) is 4. The number of nitrogen functional groups attached to an aromatic ring is 1. The summed E-state index contributed by atoms with van der Waals surface area (Å²) in [6.07, 6.45) is 9.36. The molecule has 1 fully saturated rings. The van der Waals surface area contributed by atoms with Gasteiger partial charge in [-0.2, -0.15) is 4.98 Å². The third-order valence-corrected chi connectivity index (χ3v) is 6.33. The van der Waals surface area contributed by atoms with Crippen LogP contribution >= 0.6 is 0 Å². The molecule has 0 saturated carbocycles. The fraction of sp³-hybridized carbons (Fsp3) is 0.480. The van der Waals surface area contributed by atoms with Crippen LogP contribution in [0.5, 0.6) is 5.75 Å². The standard InChI is InChI=1S/C25H34N6O2/c1-3-4-10-27-24-23-20(28-25(26)29-24)9-13-31(21(23)17-32)16-19-8-7-18(14-22(19)33-2)15-30-11-5-6-12-30/h7-9,13-14,17,21H,3-6,10-12,15-16H2,1-2H3,(H3,26,27,28,29). The van der Waals surface area contributed by atoms with E-state index in [0.29, 0.717) is 18.1 Å². The predicted molar refractivity (Wildman–Crippen MR) is 131 cm³/mol. The number of carbonyl (C=O) groups is 1. The van der Waals surface area contributed by atoms with Crippen molar-refractivity contribution < 1.29 is 9.53 Å². The number of carbonyl (C=O) groups excluding carboxylic acids is 1. The fourth-order valence-corrected chi connectivity index (χ4v) is 4.58. The molecule has 33 heavy (non-hydrogen) atoms. The summed E-state index contributed by atoms with van der Waals surface area (Å²) in [7, 11) is 1.70. The zero-order chi connectivity index (χ0) is 23.2. The Hall–Kier alpha value is -3.13. The number of anilines is 2. The number of hydrogen-bond donors (Lipinski definition) is 2. The molecule has 1 aromatic heterocycles. The first kappa shape index (κ1) is 23.0. The number of unbranched alkanes of at least 4 members (excludes halogenated alkanes) is 1. The first-order valence-corrected chi connectivity index (χ1v) is 11.8. The lowest BCUT2D eigenvalue weighted by Crippen LogP contribution is -2.29. The number of fused-ring (bicyclic) bond motifs is 1. The van der Waals surface area contributed by atoms with E-state index in [1.165, 1.54) is 18.4 Å². The summed E-state index contributed by atoms with van der Waals surface area (Å²) in [4.78, 5) is 25.5. The van der Waals surface area contributed by atoms with Crippen LogP contribution in [0.15, 0.2) is 24.4 Å². The Morgan fingerprint density at radius 3 is 2.79 bits per heavy atom. The molecule has 3 heterocycles. The SMILES string of the molecule is CCCCNc1nc(N)nc2c1C(C=O)N(Cc1ccc(CN3CCCC3)cc1OC)C=C2. The molecule has 3 N–H and O–H groups in total. The molecule has 2 aromatic rings. The third-order valence-electron chi connectivity index (χ3n) is 6.33. The van der Waals surface area contributed by atoms with Crippen molar-refractivity contribution in [1.82, 2.24) is 19.8 Å². The third kappa shape index (κ3) is 5.27. The van der Waals surface area contributed by atoms with Crippen LogP contribution < -0.4 is 15.8 Å². The first-order chi connectivity index (χ1) is 16.1. The number of aromatic nitrogens is 2. The van der Waals surface area contributed by atoms with E-state index >= 15 is 0 Å². The molecule has 2 aliphatic heterocycles. The summed E-state index contributed by atoms with van der Waals surface area (Å²) in [6, 6.07) is 5.88. The second-order valence-corrected chi connectivity index (χ2v) is 8.71. The largest absolute Gasteiger partial charge is 0.496 e. The normalized spacial score (nSPS) is 17.8. The second kappa shape index (κ2) is 10.7. The molecule has 1 unspecified atom stereocenters. The number of rotatable bonds is 10. The predicted octanol–water partition coefficient (Wildman–Crippen LogP) is 3.60. The fourth-order valence-electron chi connectivity index (χ4n) is 4.58. The van der Waals surface area contributed by atoms with E-state index in [-0.39, 0.29) is 5.95 Å². The quantitative estimate of drug-likeness (QED) is 0.419. The van der Waals surface area contributed by atoms with Crippen molar-refractivity contribution in [3.63, 3.8) is 0 Å². The number of methoxy groups -OCH3 is 1. The molecular weight excluding hydrogens is 416 g/mol. The molecule has 2 aliphatic rings. The zero-order valence-electron chi connectivity index (χ0n) is 19.6. The van der Waals surface area contributed by atoms with Crippen molar-refractivity contribution in [3.8, 4) is 5.75 Å². The molecule has 1 aromatic carbocycles. The van der Waals surface area contributed by atoms with Gasteiger partial charge in [0.2, 0.25) is 5.95 Å². The van der Waals surface area contributed by atoms with Crippen LogP contribution in [0.2, 0.25) is 0 Å². The van der Waals surface area contributed by atoms with E-state index in [1.54, 1.807) is 7.11 Å². The summed E-state index contributed by atoms with van der Waals surface area (Å²) in [5.41, 5.74) is 9.65. The van der Waals surface area contributed by atoms with E-state index < -0.39 is 6.04 Å². The van der Waals surface area contributed by atoms with Crippen LogP contribution in [0.25, 0.3) is 6.08 Å². The average Bonchev–Trinajstić information content (AvgIpc) is 3.33. The van der Waals surface area contributed by atoms with Crippen LogP contribution in [-0.2, 0) is 17.9 Å². The van der Waals surface area contributed by atoms with E-state index in [9.17, 15) is 4.79 Å². The smallest absolute Gasteiger partial charge is 0.222 e. The van der Waals surface area contributed by atoms with Gasteiger partial charge in [-0.15, -0.1) is 0 Å². The number of ether oxygens (including phenoxy) is 1. The lowest BCUT2D eigenvalue weighted by Gasteiger charge is -2.32. The van der Waals surface area contributed by atoms with Crippen molar-refractivity contribution in [2.24, 2.45) is 0 Å². The van der Waals surface area contributed by atoms with Gasteiger partial charge >= 0.3 is 0 Å². The van der Waals surface area contributed by atoms with Crippen LogP contribution in [0.3, 0.4) is 0 Å². The van der Waals surface area contributed by atoms with E-state index in [2.05, 4.69) is 45.3 Å². The van der Waals surface area contributed by atoms with Gasteiger partial charge in [0.25, 0.3) is 0 Å². The van der Waals surface area contributed by atoms with Crippen molar-refractivity contribution in [2.45, 2.75) is 51.7 Å². The molecule has 0 radical (unpaired) electrons. The molecule has 0 spiro atoms. The Kier molecular flexibility index (Phi) is 7.44. The molecule has 0 bridgehead atoms. The average molecular weight is 451 g/mol. The number of nitrogens with two attached hydrogens (primary N) is 1. The molecule has 0 aliphatic carbocycles. The topological polar surface area (TPSA) is 96.6 Å². The van der Waals surface area contributed by atoms with Gasteiger partial charge in [-0.3, -0.25) is 4.90 Å². The lowest BCUT2D eigenvalue weighted by molar-refractivity contribution is -0.112. The number of likely N-dealkylation sites (tertiary alicyclic amines) is 1. The summed E-state index contributed by atoms with van der Waals surface area (Å²) in [5.74, 6) is 1.67. The monoisotopic (exact) mass is 450 g/mol. The number of aldehydes is 1. The van der Waals surface area contributed by atoms with E-state index in [0.717, 1.165) is 62.2 Å². The Morgan fingerprint density at radius 2 is 2.06 bits per heavy atom. The van der Waals surface area contributed by atoms with Gasteiger partial charge in [-0.05, 0) is 50.1 Å². The highest BCUT2D eigenvalue weighted by Gasteiger charge is 2.29. The van der Waals surface area contributed by atoms with Gasteiger partial charge in [-0.1, -0.05) is 25.5 Å². The highest BCUT2D eigenvalue weighted by atomic mass is 16.5. The molecule has 8 heteroatoms. The molecule has 1 atom stereocenters. The van der Waals surface area contributed by atoms with Gasteiger partial charge in [-0.25, -0.2) is 4.98 Å². The van der Waals surface area contributed by atoms with E-state index in [4.69, 9.17) is 10.5 Å². The van der Waals surface area contributed by atoms with Crippen molar-refractivity contribution in [2.75, 3.05) is 37.8 Å². The summed E-state index contributed by atoms with van der Waals surface area (Å²) < 4.78 is 5.72. The minimum Gasteiger partial charge on any atom is -0.496 e. The van der Waals surface area contributed by atoms with Crippen molar-refractivity contribution >= 4 is 24.1 Å². The highest BCUT2D eigenvalue weighted by molar-refractivity contribution is 5.74. The minimum absolute atomic E-state index is 0.200. The van der Waals surface area contributed by atoms with Crippen LogP contribution in [0.4, 0.5) is 11.8 Å². The van der Waals surface area contributed by atoms with Gasteiger partial charge in [0, 0.05) is 31.4 Å². The lowest BCUT2D eigenvalue weighted by atomic mass is 10.00. The van der Waals surface area contributed by atoms with Crippen molar-refractivity contribution in [3.05, 3.63) is 46.8 Å². The maximum absolute atomic E-state index is 12.3. The first-order valence-electron chi connectivity index (χ1n) is 11.8. The Labute approximate surface area is 195 Å². The Bertz CT molecular complexity index is 1000. The van der Waals surface area contributed by atoms with Gasteiger partial charge in [0.15, 0.2) is 0 Å². The maximum Gasteiger partial charge on any atom is 0.222 e. The molecule has 8 nitrogen and oxygen atoms in total. The van der Waals surface area contributed by atoms with Gasteiger partial charge < -0.3 is 25.5 Å². The molecular formula is C25H34N6O2. The Balaban J connectivity index is 1.57. The highest BCUT2D eigenvalue weighted by Crippen LogP contribution is 2.35. The number of hydrogen-bond acceptors (Lipinski definition) is 8. The molecule has 4 rings (SSSR count). The molecule has 1 saturated heterocycles. The summed E-state index contributed by atoms with van der Waals surface area (Å²) in [5, 5.41) is 3.35. The van der Waals surface area contributed by atoms with E-state index in [1.807, 2.05) is 17.2 Å². The maximum atomic E-state index is 12.3. The van der Waals surface area contributed by atoms with Crippen molar-refractivity contribution in [1.29, 1.82) is 0 Å². The van der Waals surface area contributed by atoms with Crippen LogP contribution in [0.1, 0.15) is 61.0 Å². The van der Waals surface area contributed by atoms with Gasteiger partial charge in [0.1, 0.15) is 23.9 Å². The van der Waals surface area contributed by atoms with Crippen LogP contribution in [-0.4, -0.2) is 52.8 Å². The summed E-state index contributed by atoms with van der Waals surface area (Å²) in [6.45, 7) is 6.69. The summed E-state index contributed by atoms with van der Waals surface area (Å²) >= 11 is 0. The zero-order valence-corrected chi connectivity index (χ0v) is 19.6. The molecule has 0 amide bonds. The minimum atomic E-state index is -0.510. The van der Waals surface area contributed by atoms with Crippen LogP contribution in [0, 0.1) is 0 Å². The van der Waals surface area contributed by atoms with Gasteiger partial charge in [0.05, 0.1) is 18.4 Å². The number of nitrogens with one attached hydrogen (secondary N) is 1. The Morgan fingerprint density at radius 1 is 1.24 bits per heavy atom. The number of benzene rings is 1.